The maximum absolute atomic E-state index is 12.3. The van der Waals surface area contributed by atoms with Gasteiger partial charge in [-0.15, -0.1) is 0 Å². The van der Waals surface area contributed by atoms with Crippen molar-refractivity contribution in [1.82, 2.24) is 24.5 Å². The largest absolute Gasteiger partial charge is 0.384 e. The van der Waals surface area contributed by atoms with E-state index in [9.17, 15) is 4.79 Å². The van der Waals surface area contributed by atoms with Crippen molar-refractivity contribution in [1.29, 1.82) is 0 Å². The predicted octanol–water partition coefficient (Wildman–Crippen LogP) is 1.19. The summed E-state index contributed by atoms with van der Waals surface area (Å²) in [5.74, 6) is 0.866. The van der Waals surface area contributed by atoms with Gasteiger partial charge in [-0.1, -0.05) is 0 Å². The van der Waals surface area contributed by atoms with Crippen LogP contribution in [-0.2, 0) is 11.3 Å². The molecule has 8 nitrogen and oxygen atoms in total. The topological polar surface area (TPSA) is 112 Å². The van der Waals surface area contributed by atoms with Crippen molar-refractivity contribution in [3.63, 3.8) is 0 Å². The zero-order valence-electron chi connectivity index (χ0n) is 13.1. The number of rotatable bonds is 3. The molecule has 1 aliphatic heterocycles. The van der Waals surface area contributed by atoms with Crippen molar-refractivity contribution in [2.24, 2.45) is 5.92 Å². The normalized spacial score (nSPS) is 15.8. The summed E-state index contributed by atoms with van der Waals surface area (Å²) in [5, 5.41) is 0. The number of nitrogen functional groups attached to an aromatic ring is 1. The summed E-state index contributed by atoms with van der Waals surface area (Å²) in [5.41, 5.74) is 7.98. The molecule has 0 saturated carbocycles. The van der Waals surface area contributed by atoms with Crippen molar-refractivity contribution in [3.8, 4) is 11.3 Å². The lowest BCUT2D eigenvalue weighted by Crippen LogP contribution is -2.26. The first kappa shape index (κ1) is 14.8. The first-order chi connectivity index (χ1) is 11.7. The Kier molecular flexibility index (Phi) is 3.73. The lowest BCUT2D eigenvalue weighted by Gasteiger charge is -2.21. The second-order valence-corrected chi connectivity index (χ2v) is 6.00. The molecule has 0 bridgehead atoms. The third kappa shape index (κ3) is 2.76. The van der Waals surface area contributed by atoms with Crippen LogP contribution in [-0.4, -0.2) is 37.7 Å². The number of nitrogens with zero attached hydrogens (tertiary/aromatic N) is 4. The highest BCUT2D eigenvalue weighted by Gasteiger charge is 2.18. The first-order valence-corrected chi connectivity index (χ1v) is 7.96. The summed E-state index contributed by atoms with van der Waals surface area (Å²) in [6, 6.07) is 3.55. The number of ether oxygens (including phenoxy) is 1. The number of hydrogen-bond donors (Lipinski definition) is 2. The van der Waals surface area contributed by atoms with E-state index in [2.05, 4.69) is 19.9 Å². The smallest absolute Gasteiger partial charge is 0.328 e. The molecule has 4 rings (SSSR count). The number of aromatic nitrogens is 5. The molecule has 24 heavy (non-hydrogen) atoms. The van der Waals surface area contributed by atoms with Crippen LogP contribution in [0.2, 0.25) is 0 Å². The van der Waals surface area contributed by atoms with E-state index in [1.807, 2.05) is 6.07 Å². The minimum Gasteiger partial charge on any atom is -0.384 e. The molecule has 0 atom stereocenters. The number of nitrogens with two attached hydrogens (primary N) is 1. The summed E-state index contributed by atoms with van der Waals surface area (Å²) in [7, 11) is 0. The predicted molar refractivity (Wildman–Crippen MR) is 89.3 cm³/mol. The molecular weight excluding hydrogens is 308 g/mol. The summed E-state index contributed by atoms with van der Waals surface area (Å²) >= 11 is 0. The number of pyridine rings is 1. The molecule has 0 unspecified atom stereocenters. The van der Waals surface area contributed by atoms with Crippen molar-refractivity contribution in [2.45, 2.75) is 19.4 Å². The van der Waals surface area contributed by atoms with Crippen LogP contribution in [0, 0.1) is 5.92 Å². The molecule has 1 aliphatic rings. The molecule has 0 aliphatic carbocycles. The lowest BCUT2D eigenvalue weighted by atomic mass is 10.0. The van der Waals surface area contributed by atoms with E-state index in [4.69, 9.17) is 10.5 Å². The van der Waals surface area contributed by atoms with E-state index in [1.54, 1.807) is 23.0 Å². The summed E-state index contributed by atoms with van der Waals surface area (Å²) in [6.45, 7) is 2.12. The van der Waals surface area contributed by atoms with Crippen molar-refractivity contribution < 1.29 is 4.74 Å². The van der Waals surface area contributed by atoms with Crippen molar-refractivity contribution >= 4 is 17.1 Å². The van der Waals surface area contributed by atoms with Crippen LogP contribution in [0.5, 0.6) is 0 Å². The molecule has 8 heteroatoms. The SMILES string of the molecule is Nc1ccc(-c2cnc3[nH]c(=O)n(CC4CCOCC4)c3n2)cn1. The Hall–Kier alpha value is -2.74. The second kappa shape index (κ2) is 6.04. The maximum Gasteiger partial charge on any atom is 0.328 e. The number of anilines is 1. The highest BCUT2D eigenvalue weighted by Crippen LogP contribution is 2.20. The molecule has 0 amide bonds. The van der Waals surface area contributed by atoms with Gasteiger partial charge in [-0.25, -0.2) is 19.7 Å². The Morgan fingerprint density at radius 1 is 1.25 bits per heavy atom. The van der Waals surface area contributed by atoms with Gasteiger partial charge in [0.1, 0.15) is 5.82 Å². The van der Waals surface area contributed by atoms with Gasteiger partial charge in [0.2, 0.25) is 0 Å². The quantitative estimate of drug-likeness (QED) is 0.748. The van der Waals surface area contributed by atoms with Gasteiger partial charge in [0.15, 0.2) is 11.3 Å². The molecule has 0 spiro atoms. The third-order valence-corrected chi connectivity index (χ3v) is 4.34. The lowest BCUT2D eigenvalue weighted by molar-refractivity contribution is 0.0613. The Bertz CT molecular complexity index is 908. The Morgan fingerprint density at radius 3 is 2.83 bits per heavy atom. The van der Waals surface area contributed by atoms with Gasteiger partial charge >= 0.3 is 5.69 Å². The number of imidazole rings is 1. The van der Waals surface area contributed by atoms with Gasteiger partial charge in [-0.05, 0) is 30.9 Å². The number of H-pyrrole nitrogens is 1. The van der Waals surface area contributed by atoms with Crippen LogP contribution in [0.1, 0.15) is 12.8 Å². The molecule has 124 valence electrons. The highest BCUT2D eigenvalue weighted by molar-refractivity contribution is 5.70. The van der Waals surface area contributed by atoms with Crippen LogP contribution in [0.15, 0.2) is 29.3 Å². The number of nitrogens with one attached hydrogen (secondary N) is 1. The van der Waals surface area contributed by atoms with Crippen LogP contribution in [0.3, 0.4) is 0 Å². The Morgan fingerprint density at radius 2 is 2.08 bits per heavy atom. The number of hydrogen-bond acceptors (Lipinski definition) is 6. The van der Waals surface area contributed by atoms with Gasteiger partial charge in [-0.2, -0.15) is 0 Å². The van der Waals surface area contributed by atoms with E-state index >= 15 is 0 Å². The summed E-state index contributed by atoms with van der Waals surface area (Å²) in [4.78, 5) is 28.1. The Labute approximate surface area is 137 Å². The number of fused-ring (bicyclic) bond motifs is 1. The zero-order chi connectivity index (χ0) is 16.5. The second-order valence-electron chi connectivity index (χ2n) is 6.00. The minimum absolute atomic E-state index is 0.177. The van der Waals surface area contributed by atoms with Gasteiger partial charge in [0.05, 0.1) is 11.9 Å². The van der Waals surface area contributed by atoms with E-state index in [0.29, 0.717) is 35.3 Å². The molecule has 3 aromatic heterocycles. The summed E-state index contributed by atoms with van der Waals surface area (Å²) < 4.78 is 7.06. The van der Waals surface area contributed by atoms with Crippen molar-refractivity contribution in [3.05, 3.63) is 35.0 Å². The van der Waals surface area contributed by atoms with Crippen molar-refractivity contribution in [2.75, 3.05) is 18.9 Å². The molecule has 4 heterocycles. The molecule has 0 radical (unpaired) electrons. The average molecular weight is 326 g/mol. The van der Waals surface area contributed by atoms with Gasteiger partial charge < -0.3 is 10.5 Å². The van der Waals surface area contributed by atoms with Crippen LogP contribution in [0.25, 0.3) is 22.6 Å². The van der Waals surface area contributed by atoms with Gasteiger partial charge in [-0.3, -0.25) is 9.55 Å². The van der Waals surface area contributed by atoms with Gasteiger partial charge in [0.25, 0.3) is 0 Å². The third-order valence-electron chi connectivity index (χ3n) is 4.34. The average Bonchev–Trinajstić information content (AvgIpc) is 2.91. The van der Waals surface area contributed by atoms with E-state index < -0.39 is 0 Å². The summed E-state index contributed by atoms with van der Waals surface area (Å²) in [6.07, 6.45) is 5.19. The standard InChI is InChI=1S/C16H18N6O2/c17-13-2-1-11(7-18-13)12-8-19-14-15(20-12)22(16(23)21-14)9-10-3-5-24-6-4-10/h1-2,7-8,10H,3-6,9H2,(H2,17,18)(H,19,21,23). The molecule has 3 N–H and O–H groups in total. The fourth-order valence-corrected chi connectivity index (χ4v) is 2.97. The molecular formula is C16H18N6O2. The molecule has 1 saturated heterocycles. The van der Waals surface area contributed by atoms with E-state index in [0.717, 1.165) is 31.6 Å². The maximum atomic E-state index is 12.3. The molecule has 3 aromatic rings. The fraction of sp³-hybridized carbons (Fsp3) is 0.375. The number of aromatic amines is 1. The van der Waals surface area contributed by atoms with Crippen LogP contribution in [0.4, 0.5) is 5.82 Å². The molecule has 1 fully saturated rings. The zero-order valence-corrected chi connectivity index (χ0v) is 13.1. The van der Waals surface area contributed by atoms with E-state index in [1.165, 1.54) is 0 Å². The van der Waals surface area contributed by atoms with Gasteiger partial charge in [0, 0.05) is 31.5 Å². The fourth-order valence-electron chi connectivity index (χ4n) is 2.97. The first-order valence-electron chi connectivity index (χ1n) is 7.96. The monoisotopic (exact) mass is 326 g/mol. The Balaban J connectivity index is 1.73. The van der Waals surface area contributed by atoms with Crippen LogP contribution < -0.4 is 11.4 Å². The minimum atomic E-state index is -0.177. The highest BCUT2D eigenvalue weighted by atomic mass is 16.5. The van der Waals surface area contributed by atoms with Crippen LogP contribution >= 0.6 is 0 Å². The van der Waals surface area contributed by atoms with E-state index in [-0.39, 0.29) is 5.69 Å². The molecule has 0 aromatic carbocycles.